The molecule has 2 heterocycles. The Labute approximate surface area is 140 Å². The Balaban J connectivity index is 1.87. The molecule has 0 aromatic heterocycles. The number of carbonyl (C=O) groups excluding carboxylic acids is 2. The molecule has 1 saturated heterocycles. The standard InChI is InChI=1S/C15H20N4O4S/c1-2-18-5-7-19(8-6-18)24(22,23)11-3-4-12-13(9-11)17-15(21)10-14(20)16-12/h3-4,9H,2,5-8,10H2,1H3,(H,16,20)(H,17,21). The number of rotatable bonds is 3. The highest BCUT2D eigenvalue weighted by atomic mass is 32.2. The number of nitrogens with one attached hydrogen (secondary N) is 2. The van der Waals surface area contributed by atoms with Crippen molar-refractivity contribution in [2.75, 3.05) is 43.4 Å². The molecule has 1 fully saturated rings. The Morgan fingerprint density at radius 1 is 1.00 bits per heavy atom. The number of anilines is 2. The lowest BCUT2D eigenvalue weighted by Crippen LogP contribution is -2.48. The second-order valence-corrected chi connectivity index (χ2v) is 7.76. The molecular weight excluding hydrogens is 332 g/mol. The van der Waals surface area contributed by atoms with Crippen LogP contribution in [0.25, 0.3) is 0 Å². The lowest BCUT2D eigenvalue weighted by molar-refractivity contribution is -0.123. The van der Waals surface area contributed by atoms with E-state index < -0.39 is 21.8 Å². The summed E-state index contributed by atoms with van der Waals surface area (Å²) in [6.07, 6.45) is -0.282. The maximum atomic E-state index is 12.8. The molecule has 0 saturated carbocycles. The molecule has 130 valence electrons. The molecule has 9 heteroatoms. The van der Waals surface area contributed by atoms with Crippen LogP contribution in [-0.4, -0.2) is 62.2 Å². The number of fused-ring (bicyclic) bond motifs is 1. The zero-order valence-corrected chi connectivity index (χ0v) is 14.2. The molecule has 24 heavy (non-hydrogen) atoms. The minimum atomic E-state index is -3.63. The van der Waals surface area contributed by atoms with E-state index in [2.05, 4.69) is 15.5 Å². The highest BCUT2D eigenvalue weighted by molar-refractivity contribution is 7.89. The van der Waals surface area contributed by atoms with E-state index in [9.17, 15) is 18.0 Å². The van der Waals surface area contributed by atoms with Crippen molar-refractivity contribution in [1.29, 1.82) is 0 Å². The summed E-state index contributed by atoms with van der Waals surface area (Å²) in [6.45, 7) is 5.24. The molecule has 2 amide bonds. The van der Waals surface area contributed by atoms with E-state index in [-0.39, 0.29) is 11.3 Å². The van der Waals surface area contributed by atoms with Gasteiger partial charge in [0, 0.05) is 26.2 Å². The van der Waals surface area contributed by atoms with Crippen molar-refractivity contribution >= 4 is 33.2 Å². The second kappa shape index (κ2) is 6.50. The first-order chi connectivity index (χ1) is 11.4. The number of amides is 2. The number of nitrogens with zero attached hydrogens (tertiary/aromatic N) is 2. The molecule has 0 bridgehead atoms. The monoisotopic (exact) mass is 352 g/mol. The molecule has 1 aromatic rings. The maximum Gasteiger partial charge on any atom is 0.243 e. The lowest BCUT2D eigenvalue weighted by Gasteiger charge is -2.33. The van der Waals surface area contributed by atoms with Gasteiger partial charge in [0.05, 0.1) is 16.3 Å². The van der Waals surface area contributed by atoms with Crippen LogP contribution in [0.3, 0.4) is 0 Å². The fraction of sp³-hybridized carbons (Fsp3) is 0.467. The molecule has 0 spiro atoms. The number of sulfonamides is 1. The average molecular weight is 352 g/mol. The van der Waals surface area contributed by atoms with Crippen LogP contribution < -0.4 is 10.6 Å². The van der Waals surface area contributed by atoms with Crippen LogP contribution in [-0.2, 0) is 19.6 Å². The Morgan fingerprint density at radius 3 is 2.25 bits per heavy atom. The third-order valence-corrected chi connectivity index (χ3v) is 6.17. The maximum absolute atomic E-state index is 12.8. The third kappa shape index (κ3) is 3.28. The molecular formula is C15H20N4O4S. The summed E-state index contributed by atoms with van der Waals surface area (Å²) >= 11 is 0. The fourth-order valence-electron chi connectivity index (χ4n) is 2.87. The van der Waals surface area contributed by atoms with Gasteiger partial charge in [0.15, 0.2) is 0 Å². The zero-order chi connectivity index (χ0) is 17.3. The number of benzene rings is 1. The van der Waals surface area contributed by atoms with Gasteiger partial charge in [0.1, 0.15) is 6.42 Å². The quantitative estimate of drug-likeness (QED) is 0.762. The number of hydrogen-bond acceptors (Lipinski definition) is 5. The molecule has 0 unspecified atom stereocenters. The Kier molecular flexibility index (Phi) is 4.57. The van der Waals surface area contributed by atoms with Crippen molar-refractivity contribution in [2.45, 2.75) is 18.2 Å². The second-order valence-electron chi connectivity index (χ2n) is 5.82. The van der Waals surface area contributed by atoms with Gasteiger partial charge in [-0.2, -0.15) is 4.31 Å². The van der Waals surface area contributed by atoms with E-state index in [1.54, 1.807) is 0 Å². The predicted molar refractivity (Wildman–Crippen MR) is 89.2 cm³/mol. The number of piperazine rings is 1. The molecule has 2 aliphatic heterocycles. The summed E-state index contributed by atoms with van der Waals surface area (Å²) in [5.41, 5.74) is 0.708. The summed E-state index contributed by atoms with van der Waals surface area (Å²) in [4.78, 5) is 25.5. The average Bonchev–Trinajstić information content (AvgIpc) is 2.70. The first-order valence-corrected chi connectivity index (χ1v) is 9.30. The summed E-state index contributed by atoms with van der Waals surface area (Å²) in [6, 6.07) is 4.37. The lowest BCUT2D eigenvalue weighted by atomic mass is 10.2. The normalized spacial score (nSPS) is 20.0. The molecule has 3 rings (SSSR count). The van der Waals surface area contributed by atoms with Crippen LogP contribution in [0, 0.1) is 0 Å². The van der Waals surface area contributed by atoms with Gasteiger partial charge in [-0.3, -0.25) is 9.59 Å². The van der Waals surface area contributed by atoms with Gasteiger partial charge in [0.2, 0.25) is 21.8 Å². The van der Waals surface area contributed by atoms with Gasteiger partial charge < -0.3 is 15.5 Å². The predicted octanol–water partition coefficient (Wildman–Crippen LogP) is 0.293. The van der Waals surface area contributed by atoms with Gasteiger partial charge in [-0.1, -0.05) is 6.92 Å². The van der Waals surface area contributed by atoms with Crippen LogP contribution in [0.2, 0.25) is 0 Å². The van der Waals surface area contributed by atoms with Crippen LogP contribution in [0.4, 0.5) is 11.4 Å². The van der Waals surface area contributed by atoms with Crippen molar-refractivity contribution in [1.82, 2.24) is 9.21 Å². The van der Waals surface area contributed by atoms with Gasteiger partial charge in [0.25, 0.3) is 0 Å². The fourth-order valence-corrected chi connectivity index (χ4v) is 4.31. The summed E-state index contributed by atoms with van der Waals surface area (Å²) in [5.74, 6) is -0.880. The zero-order valence-electron chi connectivity index (χ0n) is 13.4. The molecule has 8 nitrogen and oxygen atoms in total. The van der Waals surface area contributed by atoms with Crippen molar-refractivity contribution in [3.8, 4) is 0 Å². The van der Waals surface area contributed by atoms with Crippen molar-refractivity contribution in [3.05, 3.63) is 18.2 Å². The third-order valence-electron chi connectivity index (χ3n) is 4.28. The van der Waals surface area contributed by atoms with Gasteiger partial charge >= 0.3 is 0 Å². The topological polar surface area (TPSA) is 98.8 Å². The van der Waals surface area contributed by atoms with Crippen molar-refractivity contribution < 1.29 is 18.0 Å². The minimum absolute atomic E-state index is 0.114. The van der Waals surface area contributed by atoms with Crippen LogP contribution in [0.1, 0.15) is 13.3 Å². The van der Waals surface area contributed by atoms with Gasteiger partial charge in [-0.05, 0) is 24.7 Å². The smallest absolute Gasteiger partial charge is 0.243 e. The summed E-state index contributed by atoms with van der Waals surface area (Å²) in [7, 11) is -3.63. The minimum Gasteiger partial charge on any atom is -0.324 e. The van der Waals surface area contributed by atoms with E-state index in [0.717, 1.165) is 6.54 Å². The van der Waals surface area contributed by atoms with E-state index in [1.807, 2.05) is 6.92 Å². The van der Waals surface area contributed by atoms with Gasteiger partial charge in [-0.25, -0.2) is 8.42 Å². The SMILES string of the molecule is CCN1CCN(S(=O)(=O)c2ccc3c(c2)NC(=O)CC(=O)N3)CC1. The first kappa shape index (κ1) is 16.9. The first-order valence-electron chi connectivity index (χ1n) is 7.86. The highest BCUT2D eigenvalue weighted by Crippen LogP contribution is 2.29. The molecule has 2 N–H and O–H groups in total. The van der Waals surface area contributed by atoms with Crippen LogP contribution in [0.5, 0.6) is 0 Å². The molecule has 0 aliphatic carbocycles. The molecule has 0 radical (unpaired) electrons. The molecule has 1 aromatic carbocycles. The highest BCUT2D eigenvalue weighted by Gasteiger charge is 2.29. The van der Waals surface area contributed by atoms with E-state index >= 15 is 0 Å². The summed E-state index contributed by atoms with van der Waals surface area (Å²) < 4.78 is 27.1. The number of carbonyl (C=O) groups is 2. The van der Waals surface area contributed by atoms with Gasteiger partial charge in [-0.15, -0.1) is 0 Å². The van der Waals surface area contributed by atoms with Crippen LogP contribution in [0.15, 0.2) is 23.1 Å². The molecule has 0 atom stereocenters. The van der Waals surface area contributed by atoms with E-state index in [1.165, 1.54) is 22.5 Å². The Bertz CT molecular complexity index is 770. The van der Waals surface area contributed by atoms with Crippen molar-refractivity contribution in [3.63, 3.8) is 0 Å². The number of hydrogen-bond donors (Lipinski definition) is 2. The van der Waals surface area contributed by atoms with E-state index in [4.69, 9.17) is 0 Å². The van der Waals surface area contributed by atoms with Crippen LogP contribution >= 0.6 is 0 Å². The van der Waals surface area contributed by atoms with E-state index in [0.29, 0.717) is 37.6 Å². The Morgan fingerprint density at radius 2 is 1.62 bits per heavy atom. The Hall–Kier alpha value is -1.97. The largest absolute Gasteiger partial charge is 0.324 e. The summed E-state index contributed by atoms with van der Waals surface area (Å²) in [5, 5.41) is 5.16. The number of likely N-dealkylation sites (N-methyl/N-ethyl adjacent to an activating group) is 1. The molecule has 2 aliphatic rings. The van der Waals surface area contributed by atoms with Crippen molar-refractivity contribution in [2.24, 2.45) is 0 Å².